The van der Waals surface area contributed by atoms with Gasteiger partial charge in [0, 0.05) is 18.5 Å². The van der Waals surface area contributed by atoms with Crippen molar-refractivity contribution in [3.8, 4) is 6.07 Å². The van der Waals surface area contributed by atoms with Crippen LogP contribution in [0.2, 0.25) is 0 Å². The van der Waals surface area contributed by atoms with Gasteiger partial charge >= 0.3 is 0 Å². The molecule has 3 atom stereocenters. The third-order valence-corrected chi connectivity index (χ3v) is 3.54. The van der Waals surface area contributed by atoms with E-state index in [9.17, 15) is 4.79 Å². The van der Waals surface area contributed by atoms with Crippen LogP contribution in [0.1, 0.15) is 13.8 Å². The Morgan fingerprint density at radius 3 is 2.71 bits per heavy atom. The second-order valence-electron chi connectivity index (χ2n) is 4.57. The van der Waals surface area contributed by atoms with Gasteiger partial charge in [-0.15, -0.1) is 0 Å². The fourth-order valence-corrected chi connectivity index (χ4v) is 2.22. The van der Waals surface area contributed by atoms with Crippen LogP contribution in [0, 0.1) is 23.2 Å². The van der Waals surface area contributed by atoms with Gasteiger partial charge in [-0.25, -0.2) is 0 Å². The number of thiocarbonyl (C=S) groups is 1. The first-order valence-corrected chi connectivity index (χ1v) is 5.95. The Balaban J connectivity index is 3.05. The van der Waals surface area contributed by atoms with E-state index in [0.717, 1.165) is 6.54 Å². The lowest BCUT2D eigenvalue weighted by Gasteiger charge is -2.37. The van der Waals surface area contributed by atoms with Crippen molar-refractivity contribution in [2.24, 2.45) is 17.6 Å². The van der Waals surface area contributed by atoms with Crippen LogP contribution < -0.4 is 5.73 Å². The van der Waals surface area contributed by atoms with Crippen LogP contribution >= 0.6 is 12.2 Å². The number of hydrogen-bond acceptors (Lipinski definition) is 4. The molecule has 0 bridgehead atoms. The summed E-state index contributed by atoms with van der Waals surface area (Å²) in [5.74, 6) is -0.178. The van der Waals surface area contributed by atoms with E-state index < -0.39 is 0 Å². The summed E-state index contributed by atoms with van der Waals surface area (Å²) in [7, 11) is 1.97. The van der Waals surface area contributed by atoms with E-state index >= 15 is 0 Å². The molecule has 1 aliphatic rings. The van der Waals surface area contributed by atoms with Crippen molar-refractivity contribution in [1.29, 1.82) is 5.26 Å². The molecular weight excluding hydrogens is 234 g/mol. The molecule has 92 valence electrons. The minimum atomic E-state index is -0.306. The zero-order valence-corrected chi connectivity index (χ0v) is 11.1. The molecule has 1 rings (SSSR count). The van der Waals surface area contributed by atoms with Gasteiger partial charge in [-0.2, -0.15) is 5.26 Å². The largest absolute Gasteiger partial charge is 0.389 e. The lowest BCUT2D eigenvalue weighted by molar-refractivity contribution is -0.130. The van der Waals surface area contributed by atoms with Crippen LogP contribution in [0.25, 0.3) is 0 Å². The summed E-state index contributed by atoms with van der Waals surface area (Å²) in [5, 5.41) is 8.92. The van der Waals surface area contributed by atoms with Crippen LogP contribution in [-0.4, -0.2) is 35.3 Å². The molecule has 1 aliphatic heterocycles. The molecule has 17 heavy (non-hydrogen) atoms. The van der Waals surface area contributed by atoms with Crippen LogP contribution in [0.15, 0.2) is 11.6 Å². The quantitative estimate of drug-likeness (QED) is 0.448. The molecular formula is C12H17N3OS. The van der Waals surface area contributed by atoms with Crippen molar-refractivity contribution in [3.05, 3.63) is 11.6 Å². The summed E-state index contributed by atoms with van der Waals surface area (Å²) in [6.07, 6.45) is 1.61. The van der Waals surface area contributed by atoms with E-state index in [4.69, 9.17) is 23.2 Å². The number of nitrogens with zero attached hydrogens (tertiary/aromatic N) is 2. The Labute approximate surface area is 107 Å². The molecule has 1 fully saturated rings. The van der Waals surface area contributed by atoms with Crippen molar-refractivity contribution >= 4 is 23.0 Å². The number of hydrogen-bond donors (Lipinski definition) is 1. The summed E-state index contributed by atoms with van der Waals surface area (Å²) < 4.78 is 0. The third-order valence-electron chi connectivity index (χ3n) is 3.32. The average Bonchev–Trinajstić information content (AvgIpc) is 2.26. The van der Waals surface area contributed by atoms with E-state index in [0.29, 0.717) is 0 Å². The molecule has 0 aromatic rings. The number of carbonyl (C=O) groups is 1. The third kappa shape index (κ3) is 2.90. The number of piperidine rings is 1. The molecule has 0 spiro atoms. The summed E-state index contributed by atoms with van der Waals surface area (Å²) >= 11 is 4.78. The van der Waals surface area contributed by atoms with Gasteiger partial charge in [0.25, 0.3) is 0 Å². The smallest absolute Gasteiger partial charge is 0.145 e. The topological polar surface area (TPSA) is 70.1 Å². The molecule has 4 nitrogen and oxygen atoms in total. The summed E-state index contributed by atoms with van der Waals surface area (Å²) in [4.78, 5) is 14.3. The molecule has 0 aliphatic carbocycles. The number of ketones is 1. The number of nitrogens with two attached hydrogens (primary N) is 1. The minimum Gasteiger partial charge on any atom is -0.389 e. The van der Waals surface area contributed by atoms with E-state index in [2.05, 4.69) is 4.90 Å². The van der Waals surface area contributed by atoms with Crippen molar-refractivity contribution in [2.75, 3.05) is 13.6 Å². The van der Waals surface area contributed by atoms with Gasteiger partial charge in [-0.3, -0.25) is 4.79 Å². The second-order valence-corrected chi connectivity index (χ2v) is 5.01. The zero-order valence-electron chi connectivity index (χ0n) is 10.3. The molecule has 5 heteroatoms. The van der Waals surface area contributed by atoms with Gasteiger partial charge in [0.2, 0.25) is 0 Å². The Morgan fingerprint density at radius 2 is 2.24 bits per heavy atom. The fourth-order valence-electron chi connectivity index (χ4n) is 2.10. The summed E-state index contributed by atoms with van der Waals surface area (Å²) in [5.41, 5.74) is 5.67. The SMILES string of the molecule is C[C@@H]1CN(C)[C@H](C)[C@H](/C=C(/C#N)C(N)=S)C1=O. The van der Waals surface area contributed by atoms with E-state index in [1.807, 2.05) is 27.0 Å². The number of likely N-dealkylation sites (tertiary alicyclic amines) is 1. The number of Topliss-reactive ketones (excluding diaryl/α,β-unsaturated/α-hetero) is 1. The standard InChI is InChI=1S/C12H17N3OS/c1-7-6-15(3)8(2)10(11(7)16)4-9(5-13)12(14)17/h4,7-8,10H,6H2,1-3H3,(H2,14,17)/b9-4-/t7-,8-,10+/m1/s1. The maximum absolute atomic E-state index is 12.1. The molecule has 2 N–H and O–H groups in total. The summed E-state index contributed by atoms with van der Waals surface area (Å²) in [6.45, 7) is 4.62. The predicted octanol–water partition coefficient (Wildman–Crippen LogP) is 0.878. The average molecular weight is 251 g/mol. The molecule has 1 saturated heterocycles. The highest BCUT2D eigenvalue weighted by Gasteiger charge is 2.35. The van der Waals surface area contributed by atoms with Gasteiger partial charge in [-0.1, -0.05) is 25.2 Å². The Kier molecular flexibility index (Phi) is 4.38. The first-order chi connectivity index (χ1) is 7.88. The normalized spacial score (nSPS) is 31.1. The maximum Gasteiger partial charge on any atom is 0.145 e. The number of rotatable bonds is 2. The van der Waals surface area contributed by atoms with Crippen LogP contribution in [0.3, 0.4) is 0 Å². The second kappa shape index (κ2) is 5.39. The lowest BCUT2D eigenvalue weighted by Crippen LogP contribution is -2.49. The molecule has 0 aromatic carbocycles. The van der Waals surface area contributed by atoms with Crippen molar-refractivity contribution in [2.45, 2.75) is 19.9 Å². The van der Waals surface area contributed by atoms with Gasteiger partial charge in [0.05, 0.1) is 11.5 Å². The fraction of sp³-hybridized carbons (Fsp3) is 0.583. The van der Waals surface area contributed by atoms with Crippen molar-refractivity contribution in [1.82, 2.24) is 4.90 Å². The molecule has 0 saturated carbocycles. The first kappa shape index (κ1) is 13.8. The van der Waals surface area contributed by atoms with Crippen LogP contribution in [0.4, 0.5) is 0 Å². The van der Waals surface area contributed by atoms with E-state index in [-0.39, 0.29) is 34.2 Å². The first-order valence-electron chi connectivity index (χ1n) is 5.54. The summed E-state index contributed by atoms with van der Waals surface area (Å²) in [6, 6.07) is 2.01. The van der Waals surface area contributed by atoms with Crippen molar-refractivity contribution in [3.63, 3.8) is 0 Å². The predicted molar refractivity (Wildman–Crippen MR) is 70.2 cm³/mol. The number of nitriles is 1. The molecule has 0 aromatic heterocycles. The molecule has 0 radical (unpaired) electrons. The molecule has 0 amide bonds. The van der Waals surface area contributed by atoms with Crippen molar-refractivity contribution < 1.29 is 4.79 Å². The Hall–Kier alpha value is -1.25. The van der Waals surface area contributed by atoms with Crippen LogP contribution in [0.5, 0.6) is 0 Å². The Bertz CT molecular complexity index is 410. The van der Waals surface area contributed by atoms with Gasteiger partial charge in [0.15, 0.2) is 0 Å². The van der Waals surface area contributed by atoms with Gasteiger partial charge < -0.3 is 10.6 Å². The van der Waals surface area contributed by atoms with E-state index in [1.165, 1.54) is 0 Å². The highest BCUT2D eigenvalue weighted by molar-refractivity contribution is 7.80. The monoisotopic (exact) mass is 251 g/mol. The van der Waals surface area contributed by atoms with Crippen LogP contribution in [-0.2, 0) is 4.79 Å². The lowest BCUT2D eigenvalue weighted by atomic mass is 9.82. The van der Waals surface area contributed by atoms with Gasteiger partial charge in [0.1, 0.15) is 16.8 Å². The highest BCUT2D eigenvalue weighted by atomic mass is 32.1. The van der Waals surface area contributed by atoms with E-state index in [1.54, 1.807) is 6.08 Å². The number of carbonyl (C=O) groups excluding carboxylic acids is 1. The van der Waals surface area contributed by atoms with Gasteiger partial charge in [-0.05, 0) is 14.0 Å². The zero-order chi connectivity index (χ0) is 13.2. The molecule has 1 heterocycles. The molecule has 0 unspecified atom stereocenters. The highest BCUT2D eigenvalue weighted by Crippen LogP contribution is 2.25. The maximum atomic E-state index is 12.1. The minimum absolute atomic E-state index is 0.0243. The Morgan fingerprint density at radius 1 is 1.65 bits per heavy atom.